The van der Waals surface area contributed by atoms with Crippen LogP contribution >= 0.6 is 49.6 Å². The Kier molecular flexibility index (Phi) is 51.3. The molecule has 0 radical (unpaired) electrons. The fraction of sp³-hybridized carbons (Fsp3) is 0.733. The van der Waals surface area contributed by atoms with E-state index in [1.54, 1.807) is 0 Å². The minimum atomic E-state index is 0. The van der Waals surface area contributed by atoms with Crippen LogP contribution in [0.5, 0.6) is 0 Å². The highest BCUT2D eigenvalue weighted by atomic mass is 35.5. The van der Waals surface area contributed by atoms with E-state index in [2.05, 4.69) is 46.9 Å². The minimum absolute atomic E-state index is 0. The van der Waals surface area contributed by atoms with Crippen molar-refractivity contribution in [2.75, 3.05) is 52.4 Å². The average Bonchev–Trinajstić information content (AvgIpc) is 2.43. The first-order chi connectivity index (χ1) is 9.41. The van der Waals surface area contributed by atoms with Gasteiger partial charge in [-0.3, -0.25) is 0 Å². The van der Waals surface area contributed by atoms with Crippen LogP contribution in [0.15, 0.2) is 24.8 Å². The van der Waals surface area contributed by atoms with Crippen LogP contribution in [-0.4, -0.2) is 52.4 Å². The van der Waals surface area contributed by atoms with Crippen molar-refractivity contribution in [2.24, 2.45) is 0 Å². The Morgan fingerprint density at radius 1 is 0.652 bits per heavy atom. The zero-order valence-corrected chi connectivity index (χ0v) is 17.4. The lowest BCUT2D eigenvalue weighted by Gasteiger charge is -2.03. The van der Waals surface area contributed by atoms with Crippen LogP contribution in [0.2, 0.25) is 0 Å². The SMILES string of the molecule is C=CCNCCCNCC=CCNCCCNCC.Cl.Cl.Cl.Cl. The smallest absolute Gasteiger partial charge is 0.0135 e. The quantitative estimate of drug-likeness (QED) is 0.246. The third-order valence-electron chi connectivity index (χ3n) is 2.64. The molecule has 8 heteroatoms. The molecule has 0 saturated carbocycles. The lowest BCUT2D eigenvalue weighted by molar-refractivity contribution is 0.627. The van der Waals surface area contributed by atoms with Crippen LogP contribution in [0.1, 0.15) is 19.8 Å². The number of hydrogen-bond acceptors (Lipinski definition) is 4. The van der Waals surface area contributed by atoms with Crippen molar-refractivity contribution in [1.29, 1.82) is 0 Å². The van der Waals surface area contributed by atoms with Crippen molar-refractivity contribution in [1.82, 2.24) is 21.3 Å². The maximum absolute atomic E-state index is 3.67. The summed E-state index contributed by atoms with van der Waals surface area (Å²) in [6.45, 7) is 14.0. The Balaban J connectivity index is -0.000000270. The fourth-order valence-electron chi connectivity index (χ4n) is 1.60. The zero-order valence-electron chi connectivity index (χ0n) is 14.1. The van der Waals surface area contributed by atoms with Crippen molar-refractivity contribution in [2.45, 2.75) is 19.8 Å². The second-order valence-electron chi connectivity index (χ2n) is 4.43. The topological polar surface area (TPSA) is 48.1 Å². The summed E-state index contributed by atoms with van der Waals surface area (Å²) in [6, 6.07) is 0. The van der Waals surface area contributed by atoms with Crippen LogP contribution in [-0.2, 0) is 0 Å². The van der Waals surface area contributed by atoms with Gasteiger partial charge in [-0.15, -0.1) is 56.2 Å². The maximum atomic E-state index is 3.67. The molecule has 0 aliphatic rings. The van der Waals surface area contributed by atoms with Gasteiger partial charge in [-0.05, 0) is 45.6 Å². The third kappa shape index (κ3) is 34.7. The molecule has 0 atom stereocenters. The Morgan fingerprint density at radius 3 is 1.43 bits per heavy atom. The molecule has 0 heterocycles. The monoisotopic (exact) mass is 412 g/mol. The predicted molar refractivity (Wildman–Crippen MR) is 115 cm³/mol. The Morgan fingerprint density at radius 2 is 1.04 bits per heavy atom. The average molecular weight is 414 g/mol. The summed E-state index contributed by atoms with van der Waals surface area (Å²) < 4.78 is 0. The van der Waals surface area contributed by atoms with Gasteiger partial charge in [0, 0.05) is 19.6 Å². The van der Waals surface area contributed by atoms with E-state index in [1.165, 1.54) is 6.42 Å². The van der Waals surface area contributed by atoms with Crippen LogP contribution in [0.3, 0.4) is 0 Å². The molecule has 144 valence electrons. The first-order valence-corrected chi connectivity index (χ1v) is 7.50. The first-order valence-electron chi connectivity index (χ1n) is 7.50. The van der Waals surface area contributed by atoms with Gasteiger partial charge >= 0.3 is 0 Å². The molecular formula is C15H36Cl4N4. The van der Waals surface area contributed by atoms with E-state index in [9.17, 15) is 0 Å². The molecule has 0 fully saturated rings. The number of hydrogen-bond donors (Lipinski definition) is 4. The molecule has 0 unspecified atom stereocenters. The highest BCUT2D eigenvalue weighted by Gasteiger charge is 1.86. The van der Waals surface area contributed by atoms with Crippen LogP contribution < -0.4 is 21.3 Å². The molecule has 0 aliphatic heterocycles. The van der Waals surface area contributed by atoms with Crippen molar-refractivity contribution < 1.29 is 0 Å². The Hall–Kier alpha value is 0.480. The van der Waals surface area contributed by atoms with Crippen LogP contribution in [0, 0.1) is 0 Å². The van der Waals surface area contributed by atoms with Gasteiger partial charge in [0.15, 0.2) is 0 Å². The van der Waals surface area contributed by atoms with E-state index in [4.69, 9.17) is 0 Å². The summed E-state index contributed by atoms with van der Waals surface area (Å²) in [4.78, 5) is 0. The summed E-state index contributed by atoms with van der Waals surface area (Å²) in [6.07, 6.45) is 8.62. The first kappa shape index (κ1) is 34.7. The number of halogens is 4. The van der Waals surface area contributed by atoms with E-state index < -0.39 is 0 Å². The van der Waals surface area contributed by atoms with Crippen LogP contribution in [0.25, 0.3) is 0 Å². The summed E-state index contributed by atoms with van der Waals surface area (Å²) in [5, 5.41) is 13.4. The maximum Gasteiger partial charge on any atom is 0.0135 e. The largest absolute Gasteiger partial charge is 0.317 e. The molecule has 0 aliphatic carbocycles. The fourth-order valence-corrected chi connectivity index (χ4v) is 1.60. The van der Waals surface area contributed by atoms with Crippen LogP contribution in [0.4, 0.5) is 0 Å². The van der Waals surface area contributed by atoms with Gasteiger partial charge in [0.1, 0.15) is 0 Å². The van der Waals surface area contributed by atoms with Crippen molar-refractivity contribution in [3.05, 3.63) is 24.8 Å². The molecule has 0 amide bonds. The van der Waals surface area contributed by atoms with E-state index in [0.29, 0.717) is 0 Å². The lowest BCUT2D eigenvalue weighted by atomic mass is 10.4. The van der Waals surface area contributed by atoms with Crippen molar-refractivity contribution >= 4 is 49.6 Å². The second kappa shape index (κ2) is 33.9. The summed E-state index contributed by atoms with van der Waals surface area (Å²) >= 11 is 0. The second-order valence-corrected chi connectivity index (χ2v) is 4.43. The normalized spacial score (nSPS) is 9.26. The molecule has 0 bridgehead atoms. The standard InChI is InChI=1S/C15H32N4.4ClH/c1-3-9-17-13-8-15-19-11-6-5-10-18-14-7-12-16-4-2;;;;/h3,5-6,16-19H,1,4,7-15H2,2H3;4*1H. The summed E-state index contributed by atoms with van der Waals surface area (Å²) in [5.74, 6) is 0. The summed E-state index contributed by atoms with van der Waals surface area (Å²) in [7, 11) is 0. The molecule has 4 N–H and O–H groups in total. The van der Waals surface area contributed by atoms with Gasteiger partial charge in [0.2, 0.25) is 0 Å². The molecule has 0 rings (SSSR count). The lowest BCUT2D eigenvalue weighted by Crippen LogP contribution is -2.23. The van der Waals surface area contributed by atoms with E-state index in [1.807, 2.05) is 6.08 Å². The number of rotatable bonds is 15. The molecule has 0 aromatic heterocycles. The van der Waals surface area contributed by atoms with Gasteiger partial charge < -0.3 is 21.3 Å². The minimum Gasteiger partial charge on any atom is -0.317 e. The molecule has 0 aromatic rings. The van der Waals surface area contributed by atoms with Crippen molar-refractivity contribution in [3.63, 3.8) is 0 Å². The molecule has 23 heavy (non-hydrogen) atoms. The Labute approximate surface area is 167 Å². The van der Waals surface area contributed by atoms with Gasteiger partial charge in [0.05, 0.1) is 0 Å². The summed E-state index contributed by atoms with van der Waals surface area (Å²) in [5.41, 5.74) is 0. The predicted octanol–water partition coefficient (Wildman–Crippen LogP) is 2.57. The van der Waals surface area contributed by atoms with Gasteiger partial charge in [-0.1, -0.05) is 25.2 Å². The zero-order chi connectivity index (χ0) is 14.0. The van der Waals surface area contributed by atoms with E-state index in [0.717, 1.165) is 58.8 Å². The molecule has 0 spiro atoms. The van der Waals surface area contributed by atoms with Gasteiger partial charge in [-0.2, -0.15) is 0 Å². The van der Waals surface area contributed by atoms with Gasteiger partial charge in [0.25, 0.3) is 0 Å². The highest BCUT2D eigenvalue weighted by molar-refractivity contribution is 5.86. The molecular weight excluding hydrogens is 378 g/mol. The van der Waals surface area contributed by atoms with Gasteiger partial charge in [-0.25, -0.2) is 0 Å². The van der Waals surface area contributed by atoms with Crippen molar-refractivity contribution in [3.8, 4) is 0 Å². The highest BCUT2D eigenvalue weighted by Crippen LogP contribution is 1.76. The molecule has 4 nitrogen and oxygen atoms in total. The molecule has 0 aromatic carbocycles. The Bertz CT molecular complexity index is 220. The third-order valence-corrected chi connectivity index (χ3v) is 2.64. The molecule has 0 saturated heterocycles. The van der Waals surface area contributed by atoms with E-state index >= 15 is 0 Å². The number of nitrogens with one attached hydrogen (secondary N) is 4. The van der Waals surface area contributed by atoms with E-state index in [-0.39, 0.29) is 49.6 Å².